The molecule has 0 spiro atoms. The molecule has 0 radical (unpaired) electrons. The highest BCUT2D eigenvalue weighted by Crippen LogP contribution is 2.33. The second-order valence-electron chi connectivity index (χ2n) is 8.51. The van der Waals surface area contributed by atoms with Gasteiger partial charge in [-0.15, -0.1) is 0 Å². The molecule has 0 unspecified atom stereocenters. The lowest BCUT2D eigenvalue weighted by molar-refractivity contribution is -0.123. The van der Waals surface area contributed by atoms with Crippen LogP contribution in [0.5, 0.6) is 5.75 Å². The number of nitriles is 1. The van der Waals surface area contributed by atoms with Crippen LogP contribution >= 0.6 is 0 Å². The average Bonchev–Trinajstić information content (AvgIpc) is 3.36. The van der Waals surface area contributed by atoms with E-state index in [0.717, 1.165) is 23.7 Å². The number of nitrogens with zero attached hydrogens (tertiary/aromatic N) is 2. The van der Waals surface area contributed by atoms with Crippen LogP contribution < -0.4 is 20.7 Å². The van der Waals surface area contributed by atoms with Gasteiger partial charge < -0.3 is 30.6 Å². The van der Waals surface area contributed by atoms with Crippen molar-refractivity contribution in [2.45, 2.75) is 37.8 Å². The molecule has 2 aromatic rings. The molecule has 1 aromatic carbocycles. The summed E-state index contributed by atoms with van der Waals surface area (Å²) in [6.45, 7) is 1.54. The minimum absolute atomic E-state index is 0.160. The molecule has 1 aliphatic heterocycles. The molecule has 33 heavy (non-hydrogen) atoms. The molecule has 1 saturated carbocycles. The number of aromatic amines is 1. The highest BCUT2D eigenvalue weighted by Gasteiger charge is 2.32. The van der Waals surface area contributed by atoms with Crippen molar-refractivity contribution in [1.82, 2.24) is 25.8 Å². The van der Waals surface area contributed by atoms with Crippen molar-refractivity contribution in [2.24, 2.45) is 5.92 Å². The lowest BCUT2D eigenvalue weighted by Crippen LogP contribution is -2.50. The van der Waals surface area contributed by atoms with Crippen molar-refractivity contribution >= 4 is 28.7 Å². The first kappa shape index (κ1) is 22.5. The minimum atomic E-state index is -0.748. The molecule has 2 aliphatic rings. The second kappa shape index (κ2) is 9.81. The standard InChI is InChI=1S/C23H28N6O4/c1-33-20-4-2-3-17-16(20)12-19(27-17)22(31)28-18(11-14-5-6-14)21(30)26-15(13-24)7-9-29-10-8-25-23(29)32/h2-4,12,14-15,18,27H,5-11H2,1H3,(H,25,32)(H,26,30)(H,28,31)/t15-,18-/m0/s1. The summed E-state index contributed by atoms with van der Waals surface area (Å²) in [5, 5.41) is 18.6. The first-order valence-electron chi connectivity index (χ1n) is 11.2. The summed E-state index contributed by atoms with van der Waals surface area (Å²) in [6.07, 6.45) is 2.89. The zero-order chi connectivity index (χ0) is 23.4. The fraction of sp³-hybridized carbons (Fsp3) is 0.478. The summed E-state index contributed by atoms with van der Waals surface area (Å²) in [6, 6.07) is 7.63. The number of methoxy groups -OCH3 is 1. The molecular weight excluding hydrogens is 424 g/mol. The van der Waals surface area contributed by atoms with Gasteiger partial charge in [0.1, 0.15) is 23.5 Å². The number of amides is 4. The van der Waals surface area contributed by atoms with Gasteiger partial charge >= 0.3 is 6.03 Å². The van der Waals surface area contributed by atoms with E-state index < -0.39 is 18.0 Å². The monoisotopic (exact) mass is 452 g/mol. The van der Waals surface area contributed by atoms with Gasteiger partial charge in [0.15, 0.2) is 0 Å². The van der Waals surface area contributed by atoms with E-state index in [-0.39, 0.29) is 11.9 Å². The Morgan fingerprint density at radius 3 is 2.82 bits per heavy atom. The van der Waals surface area contributed by atoms with Crippen LogP contribution in [0.25, 0.3) is 10.9 Å². The number of carbonyl (C=O) groups is 3. The average molecular weight is 453 g/mol. The van der Waals surface area contributed by atoms with E-state index in [1.165, 1.54) is 0 Å². The second-order valence-corrected chi connectivity index (χ2v) is 8.51. The van der Waals surface area contributed by atoms with E-state index in [9.17, 15) is 19.6 Å². The number of fused-ring (bicyclic) bond motifs is 1. The third-order valence-electron chi connectivity index (χ3n) is 6.08. The number of nitrogens with one attached hydrogen (secondary N) is 4. The lowest BCUT2D eigenvalue weighted by Gasteiger charge is -2.21. The first-order valence-corrected chi connectivity index (χ1v) is 11.2. The van der Waals surface area contributed by atoms with Gasteiger partial charge in [0.2, 0.25) is 5.91 Å². The SMILES string of the molecule is COc1cccc2[nH]c(C(=O)N[C@@H](CC3CC3)C(=O)N[C@H](C#N)CCN3CCNC3=O)cc12. The summed E-state index contributed by atoms with van der Waals surface area (Å²) >= 11 is 0. The van der Waals surface area contributed by atoms with Gasteiger partial charge in [0, 0.05) is 30.5 Å². The van der Waals surface area contributed by atoms with Gasteiger partial charge in [-0.25, -0.2) is 4.79 Å². The van der Waals surface area contributed by atoms with Gasteiger partial charge in [0.05, 0.1) is 13.2 Å². The van der Waals surface area contributed by atoms with Gasteiger partial charge in [-0.1, -0.05) is 18.9 Å². The van der Waals surface area contributed by atoms with Crippen LogP contribution in [0.2, 0.25) is 0 Å². The summed E-state index contributed by atoms with van der Waals surface area (Å²) in [5.41, 5.74) is 1.10. The Hall–Kier alpha value is -3.74. The summed E-state index contributed by atoms with van der Waals surface area (Å²) < 4.78 is 5.35. The lowest BCUT2D eigenvalue weighted by atomic mass is 10.1. The predicted molar refractivity (Wildman–Crippen MR) is 121 cm³/mol. The van der Waals surface area contributed by atoms with Crippen LogP contribution in [0, 0.1) is 17.2 Å². The van der Waals surface area contributed by atoms with Crippen molar-refractivity contribution in [1.29, 1.82) is 5.26 Å². The fourth-order valence-corrected chi connectivity index (χ4v) is 4.03. The Labute approximate surface area is 191 Å². The number of benzene rings is 1. The Balaban J connectivity index is 1.40. The summed E-state index contributed by atoms with van der Waals surface area (Å²) in [4.78, 5) is 42.3. The van der Waals surface area contributed by atoms with Crippen molar-refractivity contribution < 1.29 is 19.1 Å². The Morgan fingerprint density at radius 2 is 2.15 bits per heavy atom. The Bertz CT molecular complexity index is 1090. The molecule has 2 fully saturated rings. The highest BCUT2D eigenvalue weighted by molar-refractivity contribution is 6.01. The maximum Gasteiger partial charge on any atom is 0.317 e. The molecule has 4 amide bonds. The molecule has 1 aromatic heterocycles. The highest BCUT2D eigenvalue weighted by atomic mass is 16.5. The van der Waals surface area contributed by atoms with Crippen molar-refractivity contribution in [3.63, 3.8) is 0 Å². The van der Waals surface area contributed by atoms with E-state index in [4.69, 9.17) is 4.74 Å². The fourth-order valence-electron chi connectivity index (χ4n) is 4.03. The number of urea groups is 1. The minimum Gasteiger partial charge on any atom is -0.496 e. The smallest absolute Gasteiger partial charge is 0.317 e. The Kier molecular flexibility index (Phi) is 6.68. The van der Waals surface area contributed by atoms with E-state index in [1.807, 2.05) is 18.2 Å². The molecule has 10 nitrogen and oxygen atoms in total. The topological polar surface area (TPSA) is 139 Å². The number of carbonyl (C=O) groups excluding carboxylic acids is 3. The molecule has 10 heteroatoms. The van der Waals surface area contributed by atoms with Gasteiger partial charge in [-0.3, -0.25) is 9.59 Å². The summed E-state index contributed by atoms with van der Waals surface area (Å²) in [7, 11) is 1.57. The molecule has 2 heterocycles. The van der Waals surface area contributed by atoms with Crippen LogP contribution in [0.4, 0.5) is 4.79 Å². The zero-order valence-corrected chi connectivity index (χ0v) is 18.5. The zero-order valence-electron chi connectivity index (χ0n) is 18.5. The Morgan fingerprint density at radius 1 is 1.33 bits per heavy atom. The molecule has 4 rings (SSSR count). The van der Waals surface area contributed by atoms with Crippen molar-refractivity contribution in [3.8, 4) is 11.8 Å². The quantitative estimate of drug-likeness (QED) is 0.433. The number of H-pyrrole nitrogens is 1. The van der Waals surface area contributed by atoms with Crippen molar-refractivity contribution in [3.05, 3.63) is 30.0 Å². The molecule has 2 atom stereocenters. The maximum absolute atomic E-state index is 13.0. The first-order chi connectivity index (χ1) is 16.0. The maximum atomic E-state index is 13.0. The van der Waals surface area contributed by atoms with Crippen LogP contribution in [-0.4, -0.2) is 66.6 Å². The number of hydrogen-bond acceptors (Lipinski definition) is 5. The number of ether oxygens (including phenoxy) is 1. The van der Waals surface area contributed by atoms with E-state index in [1.54, 1.807) is 18.1 Å². The van der Waals surface area contributed by atoms with Crippen LogP contribution in [0.15, 0.2) is 24.3 Å². The van der Waals surface area contributed by atoms with E-state index in [2.05, 4.69) is 27.0 Å². The molecular formula is C23H28N6O4. The van der Waals surface area contributed by atoms with Gasteiger partial charge in [-0.05, 0) is 37.0 Å². The van der Waals surface area contributed by atoms with Crippen LogP contribution in [0.1, 0.15) is 36.2 Å². The number of hydrogen-bond donors (Lipinski definition) is 4. The third-order valence-corrected chi connectivity index (χ3v) is 6.08. The van der Waals surface area contributed by atoms with E-state index >= 15 is 0 Å². The predicted octanol–water partition coefficient (Wildman–Crippen LogP) is 1.50. The normalized spacial score (nSPS) is 17.2. The molecule has 4 N–H and O–H groups in total. The third kappa shape index (κ3) is 5.37. The van der Waals surface area contributed by atoms with Gasteiger partial charge in [0.25, 0.3) is 5.91 Å². The molecule has 1 aliphatic carbocycles. The van der Waals surface area contributed by atoms with Crippen molar-refractivity contribution in [2.75, 3.05) is 26.7 Å². The van der Waals surface area contributed by atoms with E-state index in [0.29, 0.717) is 49.8 Å². The van der Waals surface area contributed by atoms with Gasteiger partial charge in [-0.2, -0.15) is 5.26 Å². The summed E-state index contributed by atoms with van der Waals surface area (Å²) in [5.74, 6) is 0.258. The van der Waals surface area contributed by atoms with Crippen LogP contribution in [0.3, 0.4) is 0 Å². The molecule has 1 saturated heterocycles. The molecule has 174 valence electrons. The molecule has 0 bridgehead atoms. The largest absolute Gasteiger partial charge is 0.496 e. The van der Waals surface area contributed by atoms with Crippen LogP contribution in [-0.2, 0) is 4.79 Å². The number of aromatic nitrogens is 1. The number of rotatable bonds is 10.